The van der Waals surface area contributed by atoms with Crippen molar-refractivity contribution in [3.8, 4) is 11.5 Å². The molecule has 0 aliphatic heterocycles. The third-order valence-electron chi connectivity index (χ3n) is 2.04. The second kappa shape index (κ2) is 5.01. The van der Waals surface area contributed by atoms with Crippen LogP contribution in [0.25, 0.3) is 11.5 Å². The molecule has 0 bridgehead atoms. The third-order valence-corrected chi connectivity index (χ3v) is 2.79. The van der Waals surface area contributed by atoms with Crippen LogP contribution in [0.1, 0.15) is 6.92 Å². The molecule has 2 rings (SSSR count). The lowest BCUT2D eigenvalue weighted by Crippen LogP contribution is -2.05. The number of amides is 1. The smallest absolute Gasteiger partial charge is 0.322 e. The van der Waals surface area contributed by atoms with Crippen LogP contribution in [0, 0.1) is 0 Å². The van der Waals surface area contributed by atoms with E-state index in [4.69, 9.17) is 4.42 Å². The molecule has 0 fully saturated rings. The summed E-state index contributed by atoms with van der Waals surface area (Å²) in [5.74, 6) is 0.152. The number of nitrogens with one attached hydrogen (secondary N) is 1. The third kappa shape index (κ3) is 2.85. The fourth-order valence-corrected chi connectivity index (χ4v) is 1.68. The molecule has 1 aromatic heterocycles. The highest BCUT2D eigenvalue weighted by Crippen LogP contribution is 2.22. The Bertz CT molecular complexity index is 522. The molecule has 6 heteroatoms. The second-order valence-corrected chi connectivity index (χ2v) is 4.20. The highest BCUT2D eigenvalue weighted by molar-refractivity contribution is 7.98. The van der Waals surface area contributed by atoms with Crippen LogP contribution in [0.2, 0.25) is 0 Å². The number of aromatic nitrogens is 2. The maximum atomic E-state index is 10.8. The van der Waals surface area contributed by atoms with Gasteiger partial charge in [0, 0.05) is 17.4 Å². The number of hydrogen-bond acceptors (Lipinski definition) is 5. The SMILES string of the molecule is CSc1ccc(-c2nnc(NC(C)=O)o2)cc1. The summed E-state index contributed by atoms with van der Waals surface area (Å²) in [6.07, 6.45) is 2.01. The van der Waals surface area contributed by atoms with E-state index in [1.54, 1.807) is 11.8 Å². The number of carbonyl (C=O) groups is 1. The number of benzene rings is 1. The molecule has 0 aliphatic carbocycles. The quantitative estimate of drug-likeness (QED) is 0.846. The van der Waals surface area contributed by atoms with E-state index in [1.165, 1.54) is 6.92 Å². The van der Waals surface area contributed by atoms with Crippen LogP contribution in [-0.2, 0) is 4.79 Å². The van der Waals surface area contributed by atoms with Gasteiger partial charge in [-0.15, -0.1) is 16.9 Å². The summed E-state index contributed by atoms with van der Waals surface area (Å²) in [7, 11) is 0. The van der Waals surface area contributed by atoms with E-state index < -0.39 is 0 Å². The molecule has 0 radical (unpaired) electrons. The monoisotopic (exact) mass is 249 g/mol. The molecule has 0 atom stereocenters. The van der Waals surface area contributed by atoms with Crippen molar-refractivity contribution in [1.82, 2.24) is 10.2 Å². The molecule has 1 heterocycles. The molecule has 2 aromatic rings. The van der Waals surface area contributed by atoms with E-state index in [1.807, 2.05) is 30.5 Å². The van der Waals surface area contributed by atoms with Crippen molar-refractivity contribution in [3.63, 3.8) is 0 Å². The van der Waals surface area contributed by atoms with Gasteiger partial charge in [0.2, 0.25) is 11.8 Å². The van der Waals surface area contributed by atoms with Crippen LogP contribution in [0.3, 0.4) is 0 Å². The summed E-state index contributed by atoms with van der Waals surface area (Å²) in [5, 5.41) is 10.0. The van der Waals surface area contributed by atoms with E-state index >= 15 is 0 Å². The minimum atomic E-state index is -0.238. The van der Waals surface area contributed by atoms with E-state index in [0.29, 0.717) is 5.89 Å². The number of thioether (sulfide) groups is 1. The normalized spacial score (nSPS) is 10.2. The first-order chi connectivity index (χ1) is 8.19. The average Bonchev–Trinajstić information content (AvgIpc) is 2.77. The summed E-state index contributed by atoms with van der Waals surface area (Å²) in [6.45, 7) is 1.39. The topological polar surface area (TPSA) is 68.0 Å². The first-order valence-corrected chi connectivity index (χ1v) is 6.17. The number of anilines is 1. The van der Waals surface area contributed by atoms with Crippen molar-refractivity contribution in [2.45, 2.75) is 11.8 Å². The molecule has 1 N–H and O–H groups in total. The van der Waals surface area contributed by atoms with E-state index in [0.717, 1.165) is 10.5 Å². The second-order valence-electron chi connectivity index (χ2n) is 3.32. The Labute approximate surface area is 103 Å². The van der Waals surface area contributed by atoms with Gasteiger partial charge in [-0.05, 0) is 30.5 Å². The first-order valence-electron chi connectivity index (χ1n) is 4.94. The van der Waals surface area contributed by atoms with Crippen molar-refractivity contribution in [1.29, 1.82) is 0 Å². The van der Waals surface area contributed by atoms with E-state index in [-0.39, 0.29) is 11.9 Å². The van der Waals surface area contributed by atoms with Gasteiger partial charge in [0.15, 0.2) is 0 Å². The van der Waals surface area contributed by atoms with Crippen LogP contribution in [0.15, 0.2) is 33.6 Å². The fraction of sp³-hybridized carbons (Fsp3) is 0.182. The lowest BCUT2D eigenvalue weighted by atomic mass is 10.2. The van der Waals surface area contributed by atoms with Crippen molar-refractivity contribution >= 4 is 23.7 Å². The Hall–Kier alpha value is -1.82. The van der Waals surface area contributed by atoms with Gasteiger partial charge in [-0.2, -0.15) is 0 Å². The Morgan fingerprint density at radius 1 is 1.29 bits per heavy atom. The molecule has 0 spiro atoms. The van der Waals surface area contributed by atoms with Gasteiger partial charge in [-0.25, -0.2) is 0 Å². The van der Waals surface area contributed by atoms with Gasteiger partial charge >= 0.3 is 6.01 Å². The zero-order chi connectivity index (χ0) is 12.3. The van der Waals surface area contributed by atoms with Crippen molar-refractivity contribution in [2.24, 2.45) is 0 Å². The first kappa shape index (κ1) is 11.7. The summed E-state index contributed by atoms with van der Waals surface area (Å²) in [5.41, 5.74) is 0.826. The van der Waals surface area contributed by atoms with Gasteiger partial charge in [-0.1, -0.05) is 5.10 Å². The zero-order valence-electron chi connectivity index (χ0n) is 9.43. The van der Waals surface area contributed by atoms with Gasteiger partial charge in [-0.3, -0.25) is 10.1 Å². The molecular weight excluding hydrogens is 238 g/mol. The van der Waals surface area contributed by atoms with E-state index in [2.05, 4.69) is 15.5 Å². The molecule has 17 heavy (non-hydrogen) atoms. The molecule has 0 saturated heterocycles. The molecule has 0 aliphatic rings. The summed E-state index contributed by atoms with van der Waals surface area (Å²) < 4.78 is 5.29. The predicted octanol–water partition coefficient (Wildman–Crippen LogP) is 2.42. The molecule has 0 saturated carbocycles. The number of carbonyl (C=O) groups excluding carboxylic acids is 1. The van der Waals surface area contributed by atoms with E-state index in [9.17, 15) is 4.79 Å². The van der Waals surface area contributed by atoms with Gasteiger partial charge in [0.1, 0.15) is 0 Å². The van der Waals surface area contributed by atoms with Gasteiger partial charge in [0.05, 0.1) is 0 Å². The average molecular weight is 249 g/mol. The van der Waals surface area contributed by atoms with Crippen LogP contribution >= 0.6 is 11.8 Å². The summed E-state index contributed by atoms with van der Waals surface area (Å²) in [4.78, 5) is 12.0. The lowest BCUT2D eigenvalue weighted by Gasteiger charge is -1.97. The molecule has 1 amide bonds. The Morgan fingerprint density at radius 2 is 2.00 bits per heavy atom. The van der Waals surface area contributed by atoms with Gasteiger partial charge in [0.25, 0.3) is 0 Å². The standard InChI is InChI=1S/C11H11N3O2S/c1-7(15)12-11-14-13-10(16-11)8-3-5-9(17-2)6-4-8/h3-6H,1-2H3,(H,12,14,15). The maximum Gasteiger partial charge on any atom is 0.322 e. The minimum absolute atomic E-state index is 0.112. The van der Waals surface area contributed by atoms with Crippen LogP contribution in [0.4, 0.5) is 6.01 Å². The molecule has 5 nitrogen and oxygen atoms in total. The maximum absolute atomic E-state index is 10.8. The molecule has 88 valence electrons. The summed E-state index contributed by atoms with van der Waals surface area (Å²) >= 11 is 1.66. The van der Waals surface area contributed by atoms with Gasteiger partial charge < -0.3 is 4.42 Å². The summed E-state index contributed by atoms with van der Waals surface area (Å²) in [6, 6.07) is 7.86. The molecule has 1 aromatic carbocycles. The fourth-order valence-electron chi connectivity index (χ4n) is 1.27. The number of rotatable bonds is 3. The predicted molar refractivity (Wildman–Crippen MR) is 65.8 cm³/mol. The van der Waals surface area contributed by atoms with Crippen LogP contribution in [-0.4, -0.2) is 22.4 Å². The Balaban J connectivity index is 2.21. The zero-order valence-corrected chi connectivity index (χ0v) is 10.2. The van der Waals surface area contributed by atoms with Crippen molar-refractivity contribution in [3.05, 3.63) is 24.3 Å². The lowest BCUT2D eigenvalue weighted by molar-refractivity contribution is -0.114. The van der Waals surface area contributed by atoms with Crippen molar-refractivity contribution in [2.75, 3.05) is 11.6 Å². The highest BCUT2D eigenvalue weighted by atomic mass is 32.2. The van der Waals surface area contributed by atoms with Crippen LogP contribution in [0.5, 0.6) is 0 Å². The highest BCUT2D eigenvalue weighted by Gasteiger charge is 2.08. The molecule has 0 unspecified atom stereocenters. The number of hydrogen-bond donors (Lipinski definition) is 1. The number of nitrogens with zero attached hydrogens (tertiary/aromatic N) is 2. The minimum Gasteiger partial charge on any atom is -0.403 e. The van der Waals surface area contributed by atoms with Crippen molar-refractivity contribution < 1.29 is 9.21 Å². The Morgan fingerprint density at radius 3 is 2.59 bits per heavy atom. The largest absolute Gasteiger partial charge is 0.403 e. The molecular formula is C11H11N3O2S. The van der Waals surface area contributed by atoms with Crippen LogP contribution < -0.4 is 5.32 Å². The Kier molecular flexibility index (Phi) is 3.43.